The van der Waals surface area contributed by atoms with Gasteiger partial charge in [0.15, 0.2) is 0 Å². The van der Waals surface area contributed by atoms with Crippen molar-refractivity contribution >= 4 is 0 Å². The van der Waals surface area contributed by atoms with E-state index in [0.717, 1.165) is 59.0 Å². The van der Waals surface area contributed by atoms with Crippen molar-refractivity contribution in [3.63, 3.8) is 0 Å². The van der Waals surface area contributed by atoms with Crippen LogP contribution in [-0.4, -0.2) is 11.6 Å². The molecule has 0 aliphatic heterocycles. The van der Waals surface area contributed by atoms with Gasteiger partial charge in [0.1, 0.15) is 17.2 Å². The Balaban J connectivity index is 2.01. The van der Waals surface area contributed by atoms with Gasteiger partial charge in [-0.2, -0.15) is 0 Å². The zero-order chi connectivity index (χ0) is 19.9. The normalized spacial score (nSPS) is 10.7. The van der Waals surface area contributed by atoms with Crippen molar-refractivity contribution in [1.82, 2.24) is 4.98 Å². The third kappa shape index (κ3) is 4.36. The SMILES string of the molecule is CCCc1c(CC)nc(C)c(-c2ccc(Oc3ccccc3)cc2)c1OCC. The third-order valence-corrected chi connectivity index (χ3v) is 4.76. The second kappa shape index (κ2) is 9.41. The number of aryl methyl sites for hydroxylation is 2. The molecule has 3 rings (SSSR count). The zero-order valence-corrected chi connectivity index (χ0v) is 17.3. The number of aromatic nitrogens is 1. The number of hydrogen-bond donors (Lipinski definition) is 0. The maximum atomic E-state index is 6.15. The number of rotatable bonds is 8. The van der Waals surface area contributed by atoms with E-state index in [0.29, 0.717) is 6.61 Å². The first-order valence-electron chi connectivity index (χ1n) is 10.2. The van der Waals surface area contributed by atoms with E-state index in [4.69, 9.17) is 14.5 Å². The minimum Gasteiger partial charge on any atom is -0.493 e. The molecule has 2 aromatic carbocycles. The van der Waals surface area contributed by atoms with Gasteiger partial charge in [-0.05, 0) is 56.5 Å². The number of benzene rings is 2. The van der Waals surface area contributed by atoms with E-state index in [-0.39, 0.29) is 0 Å². The van der Waals surface area contributed by atoms with Crippen molar-refractivity contribution in [3.8, 4) is 28.4 Å². The Kier molecular flexibility index (Phi) is 6.70. The molecule has 0 radical (unpaired) electrons. The Morgan fingerprint density at radius 1 is 0.857 bits per heavy atom. The molecule has 0 saturated carbocycles. The van der Waals surface area contributed by atoms with E-state index in [2.05, 4.69) is 32.9 Å². The van der Waals surface area contributed by atoms with Crippen LogP contribution in [0.15, 0.2) is 54.6 Å². The fourth-order valence-electron chi connectivity index (χ4n) is 3.53. The van der Waals surface area contributed by atoms with Crippen LogP contribution < -0.4 is 9.47 Å². The molecule has 0 N–H and O–H groups in total. The van der Waals surface area contributed by atoms with Crippen LogP contribution in [0.2, 0.25) is 0 Å². The second-order valence-corrected chi connectivity index (χ2v) is 6.80. The van der Waals surface area contributed by atoms with Crippen molar-refractivity contribution in [2.45, 2.75) is 47.0 Å². The van der Waals surface area contributed by atoms with Crippen molar-refractivity contribution in [2.75, 3.05) is 6.61 Å². The molecular weight excluding hydrogens is 346 g/mol. The monoisotopic (exact) mass is 375 g/mol. The number of ether oxygens (including phenoxy) is 2. The summed E-state index contributed by atoms with van der Waals surface area (Å²) in [5.74, 6) is 2.64. The maximum Gasteiger partial charge on any atom is 0.133 e. The summed E-state index contributed by atoms with van der Waals surface area (Å²) in [7, 11) is 0. The lowest BCUT2D eigenvalue weighted by Gasteiger charge is -2.20. The van der Waals surface area contributed by atoms with Crippen LogP contribution in [0.3, 0.4) is 0 Å². The molecule has 3 nitrogen and oxygen atoms in total. The smallest absolute Gasteiger partial charge is 0.133 e. The summed E-state index contributed by atoms with van der Waals surface area (Å²) >= 11 is 0. The van der Waals surface area contributed by atoms with Gasteiger partial charge in [-0.15, -0.1) is 0 Å². The van der Waals surface area contributed by atoms with Crippen LogP contribution in [0.25, 0.3) is 11.1 Å². The zero-order valence-electron chi connectivity index (χ0n) is 17.3. The van der Waals surface area contributed by atoms with Gasteiger partial charge in [-0.25, -0.2) is 0 Å². The standard InChI is InChI=1S/C25H29NO2/c1-5-11-22-23(6-2)26-18(4)24(25(22)27-7-3)19-14-16-21(17-15-19)28-20-12-9-8-10-13-20/h8-10,12-17H,5-7,11H2,1-4H3. The van der Waals surface area contributed by atoms with E-state index in [9.17, 15) is 0 Å². The second-order valence-electron chi connectivity index (χ2n) is 6.80. The molecule has 0 saturated heterocycles. The van der Waals surface area contributed by atoms with Crippen LogP contribution in [0.5, 0.6) is 17.2 Å². The molecule has 3 heteroatoms. The van der Waals surface area contributed by atoms with Crippen molar-refractivity contribution in [2.24, 2.45) is 0 Å². The highest BCUT2D eigenvalue weighted by molar-refractivity contribution is 5.75. The van der Waals surface area contributed by atoms with Gasteiger partial charge < -0.3 is 9.47 Å². The average molecular weight is 376 g/mol. The lowest BCUT2D eigenvalue weighted by Crippen LogP contribution is -2.07. The average Bonchev–Trinajstić information content (AvgIpc) is 2.72. The molecule has 0 unspecified atom stereocenters. The summed E-state index contributed by atoms with van der Waals surface area (Å²) in [6.45, 7) is 9.11. The first-order valence-corrected chi connectivity index (χ1v) is 10.2. The molecule has 146 valence electrons. The number of pyridine rings is 1. The first kappa shape index (κ1) is 19.9. The van der Waals surface area contributed by atoms with Crippen LogP contribution in [0, 0.1) is 6.92 Å². The summed E-state index contributed by atoms with van der Waals surface area (Å²) < 4.78 is 12.1. The number of para-hydroxylation sites is 1. The topological polar surface area (TPSA) is 31.4 Å². The maximum absolute atomic E-state index is 6.15. The lowest BCUT2D eigenvalue weighted by molar-refractivity contribution is 0.336. The quantitative estimate of drug-likeness (QED) is 0.436. The van der Waals surface area contributed by atoms with Crippen LogP contribution in [0.1, 0.15) is 44.1 Å². The highest BCUT2D eigenvalue weighted by Gasteiger charge is 2.19. The lowest BCUT2D eigenvalue weighted by atomic mass is 9.96. The van der Waals surface area contributed by atoms with E-state index < -0.39 is 0 Å². The summed E-state index contributed by atoms with van der Waals surface area (Å²) in [5.41, 5.74) is 5.60. The third-order valence-electron chi connectivity index (χ3n) is 4.76. The molecule has 28 heavy (non-hydrogen) atoms. The molecule has 0 aliphatic rings. The summed E-state index contributed by atoms with van der Waals surface area (Å²) in [6, 6.07) is 18.0. The molecule has 1 heterocycles. The van der Waals surface area contributed by atoms with Gasteiger partial charge in [-0.1, -0.05) is 50.6 Å². The molecule has 0 amide bonds. The van der Waals surface area contributed by atoms with Crippen molar-refractivity contribution < 1.29 is 9.47 Å². The Morgan fingerprint density at radius 3 is 2.14 bits per heavy atom. The number of nitrogens with zero attached hydrogens (tertiary/aromatic N) is 1. The van der Waals surface area contributed by atoms with Gasteiger partial charge in [0.05, 0.1) is 6.61 Å². The van der Waals surface area contributed by atoms with E-state index in [1.54, 1.807) is 0 Å². The summed E-state index contributed by atoms with van der Waals surface area (Å²) in [6.07, 6.45) is 2.97. The minimum absolute atomic E-state index is 0.644. The molecule has 0 bridgehead atoms. The molecule has 0 aliphatic carbocycles. The van der Waals surface area contributed by atoms with E-state index in [1.807, 2.05) is 49.4 Å². The van der Waals surface area contributed by atoms with Gasteiger partial charge in [0.2, 0.25) is 0 Å². The molecule has 0 spiro atoms. The first-order chi connectivity index (χ1) is 13.7. The fourth-order valence-corrected chi connectivity index (χ4v) is 3.53. The highest BCUT2D eigenvalue weighted by atomic mass is 16.5. The highest BCUT2D eigenvalue weighted by Crippen LogP contribution is 2.38. The van der Waals surface area contributed by atoms with Crippen LogP contribution in [-0.2, 0) is 12.8 Å². The van der Waals surface area contributed by atoms with Gasteiger partial charge in [0.25, 0.3) is 0 Å². The predicted octanol–water partition coefficient (Wildman–Crippen LogP) is 6.76. The van der Waals surface area contributed by atoms with Crippen LogP contribution >= 0.6 is 0 Å². The Bertz CT molecular complexity index is 902. The summed E-state index contributed by atoms with van der Waals surface area (Å²) in [5, 5.41) is 0. The largest absolute Gasteiger partial charge is 0.493 e. The Morgan fingerprint density at radius 2 is 1.54 bits per heavy atom. The van der Waals surface area contributed by atoms with E-state index >= 15 is 0 Å². The van der Waals surface area contributed by atoms with Gasteiger partial charge in [-0.3, -0.25) is 4.98 Å². The molecule has 3 aromatic rings. The molecule has 0 atom stereocenters. The predicted molar refractivity (Wildman–Crippen MR) is 115 cm³/mol. The summed E-state index contributed by atoms with van der Waals surface area (Å²) in [4.78, 5) is 4.91. The molecule has 1 aromatic heterocycles. The fraction of sp³-hybridized carbons (Fsp3) is 0.320. The van der Waals surface area contributed by atoms with Gasteiger partial charge in [0, 0.05) is 22.5 Å². The number of hydrogen-bond acceptors (Lipinski definition) is 3. The molecule has 0 fully saturated rings. The minimum atomic E-state index is 0.644. The van der Waals surface area contributed by atoms with Crippen molar-refractivity contribution in [1.29, 1.82) is 0 Å². The van der Waals surface area contributed by atoms with Crippen LogP contribution in [0.4, 0.5) is 0 Å². The van der Waals surface area contributed by atoms with Gasteiger partial charge >= 0.3 is 0 Å². The Hall–Kier alpha value is -2.81. The van der Waals surface area contributed by atoms with E-state index in [1.165, 1.54) is 5.56 Å². The molecular formula is C25H29NO2. The van der Waals surface area contributed by atoms with Crippen molar-refractivity contribution in [3.05, 3.63) is 71.5 Å². The Labute approximate surface area is 168 Å².